The van der Waals surface area contributed by atoms with Gasteiger partial charge in [-0.2, -0.15) is 21.0 Å². The highest BCUT2D eigenvalue weighted by Crippen LogP contribution is 2.64. The number of ketones is 2. The maximum absolute atomic E-state index is 13.9. The number of hydrogen-bond acceptors (Lipinski definition) is 14. The second kappa shape index (κ2) is 22.4. The van der Waals surface area contributed by atoms with Crippen LogP contribution in [0.2, 0.25) is 0 Å². The van der Waals surface area contributed by atoms with Crippen molar-refractivity contribution in [1.29, 1.82) is 21.0 Å². The Morgan fingerprint density at radius 1 is 0.374 bits per heavy atom. The van der Waals surface area contributed by atoms with Crippen LogP contribution in [0.25, 0.3) is 95.2 Å². The summed E-state index contributed by atoms with van der Waals surface area (Å²) < 4.78 is 2.09. The number of thiazole rings is 3. The summed E-state index contributed by atoms with van der Waals surface area (Å²) in [5.74, 6) is -0.483. The van der Waals surface area contributed by atoms with Crippen LogP contribution in [0.3, 0.4) is 0 Å². The van der Waals surface area contributed by atoms with Gasteiger partial charge < -0.3 is 0 Å². The molecule has 0 bridgehead atoms. The molecule has 9 aromatic carbocycles. The van der Waals surface area contributed by atoms with Crippen molar-refractivity contribution in [3.63, 3.8) is 0 Å². The first-order valence-corrected chi connectivity index (χ1v) is 36.1. The van der Waals surface area contributed by atoms with Crippen molar-refractivity contribution in [1.82, 2.24) is 15.0 Å². The van der Waals surface area contributed by atoms with Crippen molar-refractivity contribution >= 4 is 121 Å². The van der Waals surface area contributed by atoms with Crippen molar-refractivity contribution in [3.8, 4) is 66.9 Å². The molecule has 0 amide bonds. The number of thiophene rings is 2. The molecule has 99 heavy (non-hydrogen) atoms. The molecule has 14 aromatic rings. The van der Waals surface area contributed by atoms with Crippen molar-refractivity contribution in [2.24, 2.45) is 0 Å². The molecule has 18 rings (SSSR count). The third kappa shape index (κ3) is 8.85. The Bertz CT molecular complexity index is 6100. The third-order valence-electron chi connectivity index (χ3n) is 20.0. The summed E-state index contributed by atoms with van der Waals surface area (Å²) in [4.78, 5) is 47.5. The van der Waals surface area contributed by atoms with Crippen LogP contribution in [0.15, 0.2) is 222 Å². The number of nitrogens with zero attached hydrogens (tertiary/aromatic N) is 7. The molecule has 464 valence electrons. The van der Waals surface area contributed by atoms with Crippen LogP contribution in [0, 0.1) is 73.0 Å². The van der Waals surface area contributed by atoms with Gasteiger partial charge in [0.2, 0.25) is 0 Å². The smallest absolute Gasteiger partial charge is 0.194 e. The molecule has 0 atom stereocenters. The molecular formula is C85H47N7O2S5. The fraction of sp³-hybridized carbons (Fsp3) is 0.0706. The van der Waals surface area contributed by atoms with E-state index in [1.54, 1.807) is 77.3 Å². The van der Waals surface area contributed by atoms with E-state index in [0.717, 1.165) is 77.4 Å². The third-order valence-corrected chi connectivity index (χ3v) is 25.4. The monoisotopic (exact) mass is 1360 g/mol. The van der Waals surface area contributed by atoms with Crippen molar-refractivity contribution in [2.45, 2.75) is 38.5 Å². The van der Waals surface area contributed by atoms with Crippen LogP contribution in [0.4, 0.5) is 0 Å². The Labute approximate surface area is 588 Å². The van der Waals surface area contributed by atoms with Crippen molar-refractivity contribution < 1.29 is 9.59 Å². The van der Waals surface area contributed by atoms with Crippen LogP contribution in [0.1, 0.15) is 109 Å². The fourth-order valence-electron chi connectivity index (χ4n) is 15.4. The first kappa shape index (κ1) is 59.8. The lowest BCUT2D eigenvalue weighted by atomic mass is 9.65. The number of carbonyl (C=O) groups excluding carboxylic acids is 2. The second-order valence-electron chi connectivity index (χ2n) is 25.5. The van der Waals surface area contributed by atoms with E-state index in [-0.39, 0.29) is 28.3 Å². The van der Waals surface area contributed by atoms with Gasteiger partial charge in [0, 0.05) is 43.0 Å². The van der Waals surface area contributed by atoms with Gasteiger partial charge in [0.25, 0.3) is 0 Å². The molecule has 0 spiro atoms. The number of carbonyl (C=O) groups is 2. The maximum Gasteiger partial charge on any atom is 0.194 e. The predicted octanol–water partition coefficient (Wildman–Crippen LogP) is 21.1. The number of benzene rings is 9. The van der Waals surface area contributed by atoms with Gasteiger partial charge in [-0.15, -0.1) is 34.0 Å². The second-order valence-corrected chi connectivity index (χ2v) is 30.7. The number of Topliss-reactive ketones (excluding diaryl/α,β-unsaturated/α-hetero) is 2. The maximum atomic E-state index is 13.9. The largest absolute Gasteiger partial charge is 0.289 e. The molecule has 0 radical (unpaired) electrons. The van der Waals surface area contributed by atoms with Gasteiger partial charge in [0.1, 0.15) is 55.3 Å². The number of allylic oxidation sites excluding steroid dienone is 6. The molecule has 0 fully saturated rings. The fourth-order valence-corrected chi connectivity index (χ4v) is 20.7. The molecule has 5 aromatic heterocycles. The van der Waals surface area contributed by atoms with E-state index in [1.807, 2.05) is 30.3 Å². The standard InChI is InChI=1S/C85H47N7O2S5/c1-44-13-22-52(23-14-44)84(53-24-15-45(2)16-25-53)66-32-48(71-39-73-80(97-71)90-74(96-73)36-64-76(50(40-86)41-87)57-9-5-7-11-59(57)78(64)93)21-30-56(66)62-34-68-63(35-67(62)84)61-31-49-33-72(95-70(49)38-69(61)85(68,54-26-17-46(3)18-27-54)55-28-19-47(4)20-29-55)81-92-83-82(99-81)91-75(98-83)37-65-77(51(42-88)43-89)58-10-6-8-12-60(58)79(65)94/h5-39H,1-4H3/b64-36-,65-37-. The summed E-state index contributed by atoms with van der Waals surface area (Å²) in [6.07, 6.45) is 3.43. The number of fused-ring (bicyclic) bond motifs is 11. The minimum absolute atomic E-state index is 0.108. The Hall–Kier alpha value is -11.7. The molecule has 4 aliphatic rings. The van der Waals surface area contributed by atoms with E-state index >= 15 is 0 Å². The normalized spacial score (nSPS) is 15.0. The predicted molar refractivity (Wildman–Crippen MR) is 400 cm³/mol. The molecule has 0 unspecified atom stereocenters. The summed E-state index contributed by atoms with van der Waals surface area (Å²) in [5.41, 5.74) is 21.3. The summed E-state index contributed by atoms with van der Waals surface area (Å²) in [6, 6.07) is 80.1. The van der Waals surface area contributed by atoms with E-state index < -0.39 is 10.8 Å². The minimum Gasteiger partial charge on any atom is -0.289 e. The quantitative estimate of drug-likeness (QED) is 0.106. The van der Waals surface area contributed by atoms with Crippen LogP contribution >= 0.6 is 56.7 Å². The Morgan fingerprint density at radius 3 is 1.29 bits per heavy atom. The number of nitriles is 4. The summed E-state index contributed by atoms with van der Waals surface area (Å²) in [7, 11) is 0. The van der Waals surface area contributed by atoms with Gasteiger partial charge >= 0.3 is 0 Å². The van der Waals surface area contributed by atoms with Gasteiger partial charge in [-0.3, -0.25) is 9.59 Å². The highest BCUT2D eigenvalue weighted by molar-refractivity contribution is 7.31. The summed E-state index contributed by atoms with van der Waals surface area (Å²) in [6.45, 7) is 8.58. The number of hydrogen-bond donors (Lipinski definition) is 0. The first-order chi connectivity index (χ1) is 48.3. The van der Waals surface area contributed by atoms with Crippen molar-refractivity contribution in [3.05, 3.63) is 322 Å². The highest BCUT2D eigenvalue weighted by Gasteiger charge is 2.52. The molecular weight excluding hydrogens is 1310 g/mol. The van der Waals surface area contributed by atoms with E-state index in [2.05, 4.69) is 179 Å². The molecule has 0 N–H and O–H groups in total. The van der Waals surface area contributed by atoms with Crippen LogP contribution in [0.5, 0.6) is 0 Å². The zero-order valence-corrected chi connectivity index (χ0v) is 57.3. The average Bonchev–Trinajstić information content (AvgIpc) is 1.51. The Kier molecular flexibility index (Phi) is 13.5. The van der Waals surface area contributed by atoms with Gasteiger partial charge in [-0.25, -0.2) is 15.0 Å². The van der Waals surface area contributed by atoms with E-state index in [1.165, 1.54) is 95.2 Å². The lowest BCUT2D eigenvalue weighted by Gasteiger charge is -2.36. The van der Waals surface area contributed by atoms with Crippen molar-refractivity contribution in [2.75, 3.05) is 0 Å². The van der Waals surface area contributed by atoms with E-state index in [0.29, 0.717) is 49.0 Å². The molecule has 5 heterocycles. The highest BCUT2D eigenvalue weighted by atomic mass is 32.1. The number of aromatic nitrogens is 3. The van der Waals surface area contributed by atoms with Gasteiger partial charge in [0.05, 0.1) is 20.4 Å². The zero-order chi connectivity index (χ0) is 67.3. The molecule has 0 saturated carbocycles. The van der Waals surface area contributed by atoms with E-state index in [4.69, 9.17) is 15.0 Å². The Morgan fingerprint density at radius 2 is 0.808 bits per heavy atom. The van der Waals surface area contributed by atoms with Crippen LogP contribution in [-0.4, -0.2) is 26.5 Å². The topological polar surface area (TPSA) is 168 Å². The summed E-state index contributed by atoms with van der Waals surface area (Å²) >= 11 is 7.70. The van der Waals surface area contributed by atoms with Gasteiger partial charge in [0.15, 0.2) is 21.2 Å². The first-order valence-electron chi connectivity index (χ1n) is 32.0. The Balaban J connectivity index is 0.810. The SMILES string of the molecule is Cc1ccc(C2(c3ccc(C)cc3)c3cc(-c4cc5sc(/C=C6\C(=O)c7ccccc7C6=C(C#N)C#N)nc5s4)ccc3-c3cc4c(cc32)-c2cc3cc(-c5nc6sc(/C=C7\C(=O)c8ccccc8C7=C(C#N)C#N)nc6s5)sc3cc2C4(c2ccc(C)cc2)c2ccc(C)cc2)cc1. The molecule has 9 nitrogen and oxygen atoms in total. The van der Waals surface area contributed by atoms with Gasteiger partial charge in [-0.05, 0) is 171 Å². The van der Waals surface area contributed by atoms with E-state index in [9.17, 15) is 30.6 Å². The molecule has 14 heteroatoms. The minimum atomic E-state index is -0.792. The molecule has 4 aliphatic carbocycles. The lowest BCUT2D eigenvalue weighted by molar-refractivity contribution is 0.103. The number of aryl methyl sites for hydroxylation is 4. The molecule has 0 saturated heterocycles. The van der Waals surface area contributed by atoms with Crippen LogP contribution in [-0.2, 0) is 10.8 Å². The van der Waals surface area contributed by atoms with Crippen LogP contribution < -0.4 is 0 Å². The zero-order valence-electron chi connectivity index (χ0n) is 53.2. The lowest BCUT2D eigenvalue weighted by Crippen LogP contribution is -2.30. The summed E-state index contributed by atoms with van der Waals surface area (Å²) in [5, 5.41) is 43.2. The number of rotatable bonds is 8. The van der Waals surface area contributed by atoms with Gasteiger partial charge in [-0.1, -0.05) is 203 Å². The molecule has 0 aliphatic heterocycles. The average molecular weight is 1360 g/mol.